The van der Waals surface area contributed by atoms with E-state index in [1.807, 2.05) is 4.90 Å². The Morgan fingerprint density at radius 2 is 2.19 bits per heavy atom. The summed E-state index contributed by atoms with van der Waals surface area (Å²) in [6, 6.07) is 0.450. The van der Waals surface area contributed by atoms with Gasteiger partial charge in [0, 0.05) is 25.6 Å². The lowest BCUT2D eigenvalue weighted by Crippen LogP contribution is -2.56. The second-order valence-corrected chi connectivity index (χ2v) is 6.55. The van der Waals surface area contributed by atoms with Gasteiger partial charge in [-0.1, -0.05) is 6.42 Å². The summed E-state index contributed by atoms with van der Waals surface area (Å²) in [5.41, 5.74) is 0. The van der Waals surface area contributed by atoms with Gasteiger partial charge in [0.25, 0.3) is 0 Å². The molecule has 92 valence electrons. The quantitative estimate of drug-likeness (QED) is 0.755. The minimum atomic E-state index is -3.17. The number of rotatable bonds is 4. The van der Waals surface area contributed by atoms with Crippen LogP contribution in [0.5, 0.6) is 0 Å². The number of sulfonamides is 1. The van der Waals surface area contributed by atoms with Crippen LogP contribution in [0.3, 0.4) is 0 Å². The molecule has 2 aliphatic rings. The van der Waals surface area contributed by atoms with Crippen molar-refractivity contribution in [3.8, 4) is 0 Å². The first-order chi connectivity index (χ1) is 7.47. The highest BCUT2D eigenvalue weighted by Gasteiger charge is 2.43. The summed E-state index contributed by atoms with van der Waals surface area (Å²) in [6.07, 6.45) is 4.97. The van der Waals surface area contributed by atoms with Gasteiger partial charge in [0.1, 0.15) is 0 Å². The summed E-state index contributed by atoms with van der Waals surface area (Å²) in [5.74, 6) is 0.797. The highest BCUT2D eigenvalue weighted by atomic mass is 32.2. The fraction of sp³-hybridized carbons (Fsp3) is 0.900. The Morgan fingerprint density at radius 3 is 2.81 bits per heavy atom. The number of hydrogen-bond donors (Lipinski definition) is 1. The van der Waals surface area contributed by atoms with E-state index < -0.39 is 10.0 Å². The number of fused-ring (bicyclic) bond motifs is 1. The van der Waals surface area contributed by atoms with Gasteiger partial charge in [-0.25, -0.2) is 13.1 Å². The molecule has 1 amide bonds. The van der Waals surface area contributed by atoms with Gasteiger partial charge in [-0.05, 0) is 18.8 Å². The smallest absolute Gasteiger partial charge is 0.224 e. The van der Waals surface area contributed by atoms with E-state index in [1.165, 1.54) is 12.8 Å². The summed E-state index contributed by atoms with van der Waals surface area (Å²) >= 11 is 0. The lowest BCUT2D eigenvalue weighted by Gasteiger charge is -2.44. The molecule has 5 nitrogen and oxygen atoms in total. The maximum atomic E-state index is 11.7. The molecule has 16 heavy (non-hydrogen) atoms. The monoisotopic (exact) mass is 246 g/mol. The van der Waals surface area contributed by atoms with Crippen LogP contribution in [0.25, 0.3) is 0 Å². The van der Waals surface area contributed by atoms with Crippen molar-refractivity contribution >= 4 is 15.9 Å². The van der Waals surface area contributed by atoms with Gasteiger partial charge in [0.2, 0.25) is 15.9 Å². The Labute approximate surface area is 96.2 Å². The zero-order chi connectivity index (χ0) is 11.8. The number of hydrogen-bond acceptors (Lipinski definition) is 3. The minimum Gasteiger partial charge on any atom is -0.339 e. The van der Waals surface area contributed by atoms with Crippen LogP contribution in [0.4, 0.5) is 0 Å². The molecule has 0 aromatic heterocycles. The molecule has 1 heterocycles. The normalized spacial score (nSPS) is 28.7. The summed E-state index contributed by atoms with van der Waals surface area (Å²) < 4.78 is 24.0. The van der Waals surface area contributed by atoms with E-state index in [1.54, 1.807) is 0 Å². The Balaban J connectivity index is 1.73. The predicted octanol–water partition coefficient (Wildman–Crippen LogP) is -0.0634. The average molecular weight is 246 g/mol. The Morgan fingerprint density at radius 1 is 1.44 bits per heavy atom. The molecule has 1 saturated heterocycles. The molecular formula is C10H18N2O3S. The Bertz CT molecular complexity index is 380. The molecule has 2 rings (SSSR count). The molecule has 1 aliphatic carbocycles. The molecule has 1 N–H and O–H groups in total. The fourth-order valence-corrected chi connectivity index (χ4v) is 3.14. The van der Waals surface area contributed by atoms with Crippen molar-refractivity contribution in [3.63, 3.8) is 0 Å². The summed E-state index contributed by atoms with van der Waals surface area (Å²) in [5, 5.41) is 0. The Hall–Kier alpha value is -0.620. The largest absolute Gasteiger partial charge is 0.339 e. The SMILES string of the molecule is CS(=O)(=O)NCCC(=O)N1C[C@@H]2CCC[C@@H]21. The molecule has 2 atom stereocenters. The second kappa shape index (κ2) is 4.33. The van der Waals surface area contributed by atoms with E-state index in [0.29, 0.717) is 12.0 Å². The zero-order valence-electron chi connectivity index (χ0n) is 9.48. The van der Waals surface area contributed by atoms with Gasteiger partial charge in [-0.15, -0.1) is 0 Å². The number of carbonyl (C=O) groups excluding carboxylic acids is 1. The highest BCUT2D eigenvalue weighted by Crippen LogP contribution is 2.38. The van der Waals surface area contributed by atoms with Gasteiger partial charge in [0.05, 0.1) is 6.26 Å². The molecule has 6 heteroatoms. The van der Waals surface area contributed by atoms with Crippen molar-refractivity contribution in [1.29, 1.82) is 0 Å². The van der Waals surface area contributed by atoms with Crippen molar-refractivity contribution in [2.24, 2.45) is 5.92 Å². The molecule has 0 unspecified atom stereocenters. The third kappa shape index (κ3) is 2.55. The maximum Gasteiger partial charge on any atom is 0.224 e. The van der Waals surface area contributed by atoms with E-state index in [4.69, 9.17) is 0 Å². The van der Waals surface area contributed by atoms with Crippen LogP contribution >= 0.6 is 0 Å². The molecule has 0 aromatic carbocycles. The first-order valence-corrected chi connectivity index (χ1v) is 7.60. The van der Waals surface area contributed by atoms with E-state index >= 15 is 0 Å². The van der Waals surface area contributed by atoms with Gasteiger partial charge >= 0.3 is 0 Å². The van der Waals surface area contributed by atoms with Crippen LogP contribution in [0.15, 0.2) is 0 Å². The predicted molar refractivity (Wildman–Crippen MR) is 60.3 cm³/mol. The molecular weight excluding hydrogens is 228 g/mol. The van der Waals surface area contributed by atoms with E-state index in [-0.39, 0.29) is 18.9 Å². The van der Waals surface area contributed by atoms with Crippen molar-refractivity contribution in [1.82, 2.24) is 9.62 Å². The number of likely N-dealkylation sites (tertiary alicyclic amines) is 1. The van der Waals surface area contributed by atoms with E-state index in [9.17, 15) is 13.2 Å². The number of nitrogens with one attached hydrogen (secondary N) is 1. The van der Waals surface area contributed by atoms with Crippen LogP contribution in [-0.4, -0.2) is 44.6 Å². The molecule has 0 spiro atoms. The second-order valence-electron chi connectivity index (χ2n) is 4.72. The molecule has 0 radical (unpaired) electrons. The van der Waals surface area contributed by atoms with E-state index in [2.05, 4.69) is 4.72 Å². The van der Waals surface area contributed by atoms with Crippen LogP contribution in [0, 0.1) is 5.92 Å². The van der Waals surface area contributed by atoms with Crippen LogP contribution < -0.4 is 4.72 Å². The molecule has 2 fully saturated rings. The third-order valence-electron chi connectivity index (χ3n) is 3.47. The summed E-state index contributed by atoms with van der Waals surface area (Å²) in [4.78, 5) is 13.6. The molecule has 0 bridgehead atoms. The van der Waals surface area contributed by atoms with Gasteiger partial charge in [-0.2, -0.15) is 0 Å². The zero-order valence-corrected chi connectivity index (χ0v) is 10.3. The number of carbonyl (C=O) groups is 1. The number of amides is 1. The average Bonchev–Trinajstić information content (AvgIpc) is 2.45. The summed E-state index contributed by atoms with van der Waals surface area (Å²) in [6.45, 7) is 1.09. The lowest BCUT2D eigenvalue weighted by atomic mass is 9.91. The van der Waals surface area contributed by atoms with Crippen molar-refractivity contribution in [2.45, 2.75) is 31.7 Å². The van der Waals surface area contributed by atoms with E-state index in [0.717, 1.165) is 19.2 Å². The fourth-order valence-electron chi connectivity index (χ4n) is 2.66. The molecule has 0 aromatic rings. The standard InChI is InChI=1S/C10H18N2O3S/c1-16(14,15)11-6-5-10(13)12-7-8-3-2-4-9(8)12/h8-9,11H,2-7H2,1H3/t8-,9-/m0/s1. The third-order valence-corrected chi connectivity index (χ3v) is 4.20. The van der Waals surface area contributed by atoms with Crippen LogP contribution in [-0.2, 0) is 14.8 Å². The highest BCUT2D eigenvalue weighted by molar-refractivity contribution is 7.88. The molecule has 1 aliphatic heterocycles. The first kappa shape index (κ1) is 11.9. The maximum absolute atomic E-state index is 11.7. The van der Waals surface area contributed by atoms with Crippen molar-refractivity contribution in [3.05, 3.63) is 0 Å². The first-order valence-electron chi connectivity index (χ1n) is 5.71. The van der Waals surface area contributed by atoms with Crippen LogP contribution in [0.2, 0.25) is 0 Å². The molecule has 1 saturated carbocycles. The van der Waals surface area contributed by atoms with Crippen molar-refractivity contribution < 1.29 is 13.2 Å². The minimum absolute atomic E-state index is 0.0827. The van der Waals surface area contributed by atoms with Gasteiger partial charge in [0.15, 0.2) is 0 Å². The lowest BCUT2D eigenvalue weighted by molar-refractivity contribution is -0.141. The topological polar surface area (TPSA) is 66.5 Å². The Kier molecular flexibility index (Phi) is 3.21. The van der Waals surface area contributed by atoms with Crippen molar-refractivity contribution in [2.75, 3.05) is 19.3 Å². The summed E-state index contributed by atoms with van der Waals surface area (Å²) in [7, 11) is -3.17. The van der Waals surface area contributed by atoms with Gasteiger partial charge in [-0.3, -0.25) is 4.79 Å². The van der Waals surface area contributed by atoms with Gasteiger partial charge < -0.3 is 4.90 Å². The van der Waals surface area contributed by atoms with Crippen LogP contribution in [0.1, 0.15) is 25.7 Å². The number of nitrogens with zero attached hydrogens (tertiary/aromatic N) is 1.